The maximum absolute atomic E-state index is 12.1. The average molecular weight is 478 g/mol. The van der Waals surface area contributed by atoms with E-state index in [0.29, 0.717) is 18.9 Å². The van der Waals surface area contributed by atoms with E-state index in [9.17, 15) is 8.42 Å². The Bertz CT molecular complexity index is 1380. The maximum Gasteiger partial charge on any atom is 0.213 e. The fraction of sp³-hybridized carbons (Fsp3) is 0.333. The van der Waals surface area contributed by atoms with Crippen LogP contribution in [-0.2, 0) is 17.1 Å². The van der Waals surface area contributed by atoms with Gasteiger partial charge in [-0.15, -0.1) is 0 Å². The number of hydrogen-bond donors (Lipinski definition) is 0. The molecular formula is C24H27N7O2S. The van der Waals surface area contributed by atoms with E-state index in [0.717, 1.165) is 40.7 Å². The van der Waals surface area contributed by atoms with Crippen LogP contribution in [0.2, 0.25) is 0 Å². The van der Waals surface area contributed by atoms with Crippen LogP contribution in [-0.4, -0.2) is 61.1 Å². The first-order chi connectivity index (χ1) is 16.4. The molecule has 0 spiro atoms. The molecule has 34 heavy (non-hydrogen) atoms. The first kappa shape index (κ1) is 22.4. The minimum atomic E-state index is -3.13. The molecule has 0 aliphatic carbocycles. The van der Waals surface area contributed by atoms with Gasteiger partial charge in [-0.05, 0) is 31.4 Å². The van der Waals surface area contributed by atoms with Crippen LogP contribution in [0.15, 0.2) is 61.4 Å². The monoisotopic (exact) mass is 477 g/mol. The molecular weight excluding hydrogens is 450 g/mol. The molecule has 1 aliphatic heterocycles. The van der Waals surface area contributed by atoms with E-state index in [1.165, 1.54) is 0 Å². The molecule has 4 heterocycles. The predicted octanol–water partition coefficient (Wildman–Crippen LogP) is 3.39. The second-order valence-electron chi connectivity index (χ2n) is 8.52. The van der Waals surface area contributed by atoms with Gasteiger partial charge in [-0.1, -0.05) is 18.2 Å². The molecule has 3 aromatic heterocycles. The molecule has 10 heteroatoms. The molecule has 5 rings (SSSR count). The van der Waals surface area contributed by atoms with Crippen LogP contribution in [0, 0.1) is 0 Å². The third kappa shape index (κ3) is 4.51. The Morgan fingerprint density at radius 1 is 0.882 bits per heavy atom. The van der Waals surface area contributed by atoms with Crippen molar-refractivity contribution in [2.45, 2.75) is 25.8 Å². The second kappa shape index (κ2) is 9.11. The highest BCUT2D eigenvalue weighted by Crippen LogP contribution is 2.28. The summed E-state index contributed by atoms with van der Waals surface area (Å²) in [5.74, 6) is 0.805. The topological polar surface area (TPSA) is 98.8 Å². The minimum Gasteiger partial charge on any atom is -0.275 e. The molecule has 0 N–H and O–H groups in total. The van der Waals surface area contributed by atoms with E-state index in [1.807, 2.05) is 67.1 Å². The highest BCUT2D eigenvalue weighted by atomic mass is 32.2. The fourth-order valence-corrected chi connectivity index (χ4v) is 5.42. The number of sulfonamides is 1. The van der Waals surface area contributed by atoms with E-state index in [-0.39, 0.29) is 11.8 Å². The van der Waals surface area contributed by atoms with Gasteiger partial charge >= 0.3 is 0 Å². The van der Waals surface area contributed by atoms with Gasteiger partial charge in [0.1, 0.15) is 0 Å². The SMILES string of the molecule is CCS(=O)(=O)N1CCC(n2cc(-c3cnc(-c4cccc(-c5cnn(C)c5)c4)nc3)cn2)CC1. The Morgan fingerprint density at radius 2 is 1.56 bits per heavy atom. The molecule has 1 fully saturated rings. The van der Waals surface area contributed by atoms with Gasteiger partial charge in [0.2, 0.25) is 10.0 Å². The number of aromatic nitrogens is 6. The van der Waals surface area contributed by atoms with E-state index >= 15 is 0 Å². The summed E-state index contributed by atoms with van der Waals surface area (Å²) in [6.45, 7) is 2.75. The summed E-state index contributed by atoms with van der Waals surface area (Å²) in [5, 5.41) is 8.78. The molecule has 0 unspecified atom stereocenters. The van der Waals surface area contributed by atoms with Crippen molar-refractivity contribution >= 4 is 10.0 Å². The molecule has 1 aromatic carbocycles. The zero-order valence-electron chi connectivity index (χ0n) is 19.2. The van der Waals surface area contributed by atoms with Gasteiger partial charge in [-0.25, -0.2) is 22.7 Å². The van der Waals surface area contributed by atoms with Crippen LogP contribution >= 0.6 is 0 Å². The Kier molecular flexibility index (Phi) is 6.01. The highest BCUT2D eigenvalue weighted by Gasteiger charge is 2.27. The maximum atomic E-state index is 12.1. The largest absolute Gasteiger partial charge is 0.275 e. The highest BCUT2D eigenvalue weighted by molar-refractivity contribution is 7.89. The Labute approximate surface area is 199 Å². The van der Waals surface area contributed by atoms with Crippen LogP contribution in [0.25, 0.3) is 33.6 Å². The Hall–Kier alpha value is -3.37. The molecule has 0 atom stereocenters. The van der Waals surface area contributed by atoms with Gasteiger partial charge in [-0.3, -0.25) is 9.36 Å². The van der Waals surface area contributed by atoms with Crippen LogP contribution in [0.1, 0.15) is 25.8 Å². The average Bonchev–Trinajstić information content (AvgIpc) is 3.54. The van der Waals surface area contributed by atoms with Crippen molar-refractivity contribution in [3.8, 4) is 33.6 Å². The quantitative estimate of drug-likeness (QED) is 0.422. The number of hydrogen-bond acceptors (Lipinski definition) is 6. The van der Waals surface area contributed by atoms with E-state index in [1.54, 1.807) is 15.9 Å². The molecule has 0 saturated carbocycles. The lowest BCUT2D eigenvalue weighted by molar-refractivity contribution is 0.261. The van der Waals surface area contributed by atoms with Crippen molar-refractivity contribution in [1.29, 1.82) is 0 Å². The van der Waals surface area contributed by atoms with Crippen molar-refractivity contribution in [3.05, 3.63) is 61.4 Å². The number of benzene rings is 1. The zero-order chi connectivity index (χ0) is 23.7. The van der Waals surface area contributed by atoms with E-state index < -0.39 is 10.0 Å². The summed E-state index contributed by atoms with van der Waals surface area (Å²) < 4.78 is 29.5. The molecule has 176 valence electrons. The first-order valence-corrected chi connectivity index (χ1v) is 13.0. The molecule has 4 aromatic rings. The van der Waals surface area contributed by atoms with Crippen molar-refractivity contribution < 1.29 is 8.42 Å². The van der Waals surface area contributed by atoms with E-state index in [2.05, 4.69) is 26.2 Å². The minimum absolute atomic E-state index is 0.146. The summed E-state index contributed by atoms with van der Waals surface area (Å²) in [5.41, 5.74) is 4.89. The summed E-state index contributed by atoms with van der Waals surface area (Å²) in [6, 6.07) is 8.29. The summed E-state index contributed by atoms with van der Waals surface area (Å²) in [7, 11) is -1.23. The number of aryl methyl sites for hydroxylation is 1. The van der Waals surface area contributed by atoms with Crippen LogP contribution in [0.3, 0.4) is 0 Å². The van der Waals surface area contributed by atoms with Gasteiger partial charge in [0, 0.05) is 67.2 Å². The summed E-state index contributed by atoms with van der Waals surface area (Å²) in [6.07, 6.45) is 12.8. The molecule has 0 amide bonds. The standard InChI is InChI=1S/C24H27N7O2S/c1-3-34(32,33)30-9-7-23(8-10-30)31-17-22(15-28-31)20-12-25-24(26-13-20)19-6-4-5-18(11-19)21-14-27-29(2)16-21/h4-6,11-17,23H,3,7-10H2,1-2H3. The lowest BCUT2D eigenvalue weighted by atomic mass is 10.1. The number of rotatable bonds is 6. The van der Waals surface area contributed by atoms with Gasteiger partial charge in [0.15, 0.2) is 5.82 Å². The fourth-order valence-electron chi connectivity index (χ4n) is 4.29. The Balaban J connectivity index is 1.29. The first-order valence-electron chi connectivity index (χ1n) is 11.4. The molecule has 1 saturated heterocycles. The lowest BCUT2D eigenvalue weighted by Gasteiger charge is -2.31. The number of piperidine rings is 1. The predicted molar refractivity (Wildman–Crippen MR) is 130 cm³/mol. The third-order valence-corrected chi connectivity index (χ3v) is 8.18. The Morgan fingerprint density at radius 3 is 2.24 bits per heavy atom. The van der Waals surface area contributed by atoms with Gasteiger partial charge in [-0.2, -0.15) is 10.2 Å². The van der Waals surface area contributed by atoms with Crippen LogP contribution in [0.5, 0.6) is 0 Å². The van der Waals surface area contributed by atoms with E-state index in [4.69, 9.17) is 0 Å². The van der Waals surface area contributed by atoms with Gasteiger partial charge in [0.25, 0.3) is 0 Å². The molecule has 0 bridgehead atoms. The molecule has 1 aliphatic rings. The van der Waals surface area contributed by atoms with Gasteiger partial charge in [0.05, 0.1) is 24.2 Å². The van der Waals surface area contributed by atoms with Crippen molar-refractivity contribution in [2.24, 2.45) is 7.05 Å². The van der Waals surface area contributed by atoms with Crippen molar-refractivity contribution in [3.63, 3.8) is 0 Å². The van der Waals surface area contributed by atoms with Gasteiger partial charge < -0.3 is 0 Å². The van der Waals surface area contributed by atoms with Crippen molar-refractivity contribution in [1.82, 2.24) is 33.8 Å². The second-order valence-corrected chi connectivity index (χ2v) is 10.8. The third-order valence-electron chi connectivity index (χ3n) is 6.30. The van der Waals surface area contributed by atoms with Crippen molar-refractivity contribution in [2.75, 3.05) is 18.8 Å². The summed E-state index contributed by atoms with van der Waals surface area (Å²) in [4.78, 5) is 9.18. The molecule has 0 radical (unpaired) electrons. The zero-order valence-corrected chi connectivity index (χ0v) is 20.1. The van der Waals surface area contributed by atoms with Crippen LogP contribution in [0.4, 0.5) is 0 Å². The number of nitrogens with zero attached hydrogens (tertiary/aromatic N) is 7. The summed E-state index contributed by atoms with van der Waals surface area (Å²) >= 11 is 0. The lowest BCUT2D eigenvalue weighted by Crippen LogP contribution is -2.39. The smallest absolute Gasteiger partial charge is 0.213 e. The van der Waals surface area contributed by atoms with Crippen LogP contribution < -0.4 is 0 Å². The molecule has 9 nitrogen and oxygen atoms in total. The normalized spacial score (nSPS) is 15.6.